The van der Waals surface area contributed by atoms with Crippen molar-refractivity contribution in [1.82, 2.24) is 0 Å². The summed E-state index contributed by atoms with van der Waals surface area (Å²) in [6.07, 6.45) is 30.6. The van der Waals surface area contributed by atoms with Crippen molar-refractivity contribution >= 4 is 0 Å². The molecule has 244 valence electrons. The fraction of sp³-hybridized carbons (Fsp3) is 0.600. The predicted molar refractivity (Wildman–Crippen MR) is 185 cm³/mol. The van der Waals surface area contributed by atoms with Gasteiger partial charge in [0.2, 0.25) is 0 Å². The van der Waals surface area contributed by atoms with Gasteiger partial charge in [-0.2, -0.15) is 0 Å². The highest BCUT2D eigenvalue weighted by Gasteiger charge is 2.74. The minimum atomic E-state index is -0.911. The van der Waals surface area contributed by atoms with Crippen molar-refractivity contribution in [2.75, 3.05) is 0 Å². The van der Waals surface area contributed by atoms with E-state index in [0.29, 0.717) is 25.2 Å². The zero-order valence-electron chi connectivity index (χ0n) is 29.1. The topological polar surface area (TPSA) is 73.2 Å². The number of ether oxygens (including phenoxy) is 1. The van der Waals surface area contributed by atoms with E-state index in [4.69, 9.17) is 4.74 Å². The summed E-state index contributed by atoms with van der Waals surface area (Å²) in [5.74, 6) is 0.307. The first-order valence-corrected chi connectivity index (χ1v) is 16.5. The Morgan fingerprint density at radius 2 is 1.41 bits per heavy atom. The van der Waals surface area contributed by atoms with E-state index in [1.54, 1.807) is 0 Å². The lowest BCUT2D eigenvalue weighted by Gasteiger charge is -2.48. The Hall–Kier alpha value is -2.24. The Morgan fingerprint density at radius 1 is 0.795 bits per heavy atom. The zero-order valence-corrected chi connectivity index (χ0v) is 29.1. The van der Waals surface area contributed by atoms with Crippen LogP contribution in [0.2, 0.25) is 0 Å². The molecule has 3 rings (SSSR count). The molecule has 2 aliphatic carbocycles. The summed E-state index contributed by atoms with van der Waals surface area (Å²) in [7, 11) is 0. The maximum absolute atomic E-state index is 10.9. The van der Waals surface area contributed by atoms with Gasteiger partial charge < -0.3 is 20.1 Å². The van der Waals surface area contributed by atoms with Gasteiger partial charge in [0.05, 0.1) is 17.8 Å². The first-order chi connectivity index (χ1) is 20.3. The van der Waals surface area contributed by atoms with E-state index in [2.05, 4.69) is 141 Å². The van der Waals surface area contributed by atoms with E-state index in [-0.39, 0.29) is 34.1 Å². The smallest absolute Gasteiger partial charge is 0.121 e. The van der Waals surface area contributed by atoms with Crippen LogP contribution in [0.15, 0.2) is 95.7 Å². The molecule has 3 aliphatic rings. The summed E-state index contributed by atoms with van der Waals surface area (Å²) in [5.41, 5.74) is 1.91. The Morgan fingerprint density at radius 3 is 2.07 bits per heavy atom. The molecule has 2 unspecified atom stereocenters. The fourth-order valence-electron chi connectivity index (χ4n) is 7.82. The van der Waals surface area contributed by atoms with E-state index in [1.165, 1.54) is 5.57 Å². The molecule has 0 bridgehead atoms. The second-order valence-electron chi connectivity index (χ2n) is 15.7. The molecule has 3 fully saturated rings. The van der Waals surface area contributed by atoms with Gasteiger partial charge in [0.1, 0.15) is 11.2 Å². The van der Waals surface area contributed by atoms with Gasteiger partial charge >= 0.3 is 0 Å². The predicted octanol–water partition coefficient (Wildman–Crippen LogP) is 8.89. The van der Waals surface area contributed by atoms with E-state index in [0.717, 1.165) is 24.0 Å². The van der Waals surface area contributed by atoms with Gasteiger partial charge in [0.15, 0.2) is 0 Å². The molecule has 3 N–H and O–H groups in total. The summed E-state index contributed by atoms with van der Waals surface area (Å²) >= 11 is 0. The molecule has 1 saturated heterocycles. The van der Waals surface area contributed by atoms with Crippen molar-refractivity contribution in [1.29, 1.82) is 0 Å². The summed E-state index contributed by atoms with van der Waals surface area (Å²) in [4.78, 5) is 0. The number of aliphatic hydroxyl groups excluding tert-OH is 2. The van der Waals surface area contributed by atoms with Crippen LogP contribution in [-0.4, -0.2) is 44.3 Å². The Bertz CT molecular complexity index is 1230. The van der Waals surface area contributed by atoms with Crippen LogP contribution in [0.5, 0.6) is 0 Å². The Kier molecular flexibility index (Phi) is 11.6. The van der Waals surface area contributed by atoms with Crippen molar-refractivity contribution in [3.8, 4) is 0 Å². The fourth-order valence-corrected chi connectivity index (χ4v) is 7.82. The standard InChI is InChI=1S/C40H60O4/c1-29(17-13-19-31(3)21-22-35-36(5,6)25-33(41)27-38(35,9)43)15-11-12-16-30(2)18-14-20-32(4)23-24-40-37(7,8)26-34(42)28-39(40,10)44-40/h11-17,19-24,32-35,41-43H,18,25-28H2,1-10H3/b12-11+,17-13+,20-14+,22-21?,24-23+,29-15+,30-16+,31-19+/t32?,33-,34-,35?,38+,39+,40-/m0/s1. The van der Waals surface area contributed by atoms with Crippen LogP contribution < -0.4 is 0 Å². The minimum Gasteiger partial charge on any atom is -0.393 e. The molecular formula is C40H60O4. The molecule has 0 aromatic rings. The number of fused-ring (bicyclic) bond motifs is 1. The van der Waals surface area contributed by atoms with Crippen molar-refractivity contribution < 1.29 is 20.1 Å². The molecule has 44 heavy (non-hydrogen) atoms. The van der Waals surface area contributed by atoms with Gasteiger partial charge in [-0.1, -0.05) is 130 Å². The van der Waals surface area contributed by atoms with Crippen molar-refractivity contribution in [2.24, 2.45) is 22.7 Å². The van der Waals surface area contributed by atoms with E-state index < -0.39 is 11.7 Å². The van der Waals surface area contributed by atoms with E-state index in [1.807, 2.05) is 6.92 Å². The number of hydrogen-bond donors (Lipinski definition) is 3. The number of hydrogen-bond acceptors (Lipinski definition) is 4. The number of rotatable bonds is 11. The average molecular weight is 605 g/mol. The average Bonchev–Trinajstić information content (AvgIpc) is 3.49. The first-order valence-electron chi connectivity index (χ1n) is 16.5. The van der Waals surface area contributed by atoms with Gasteiger partial charge in [-0.3, -0.25) is 0 Å². The van der Waals surface area contributed by atoms with E-state index in [9.17, 15) is 15.3 Å². The molecule has 1 aliphatic heterocycles. The molecule has 7 atom stereocenters. The molecule has 0 amide bonds. The third kappa shape index (κ3) is 8.94. The van der Waals surface area contributed by atoms with E-state index >= 15 is 0 Å². The maximum Gasteiger partial charge on any atom is 0.121 e. The lowest BCUT2D eigenvalue weighted by atomic mass is 9.61. The summed E-state index contributed by atoms with van der Waals surface area (Å²) in [6.45, 7) is 21.1. The quantitative estimate of drug-likeness (QED) is 0.125. The Balaban J connectivity index is 1.46. The van der Waals surface area contributed by atoms with Gasteiger partial charge in [-0.25, -0.2) is 0 Å². The van der Waals surface area contributed by atoms with Crippen LogP contribution in [0.4, 0.5) is 0 Å². The molecule has 4 nitrogen and oxygen atoms in total. The number of aliphatic hydroxyl groups is 3. The maximum atomic E-state index is 10.9. The van der Waals surface area contributed by atoms with Crippen molar-refractivity contribution in [3.63, 3.8) is 0 Å². The van der Waals surface area contributed by atoms with Crippen LogP contribution in [-0.2, 0) is 4.74 Å². The monoisotopic (exact) mass is 604 g/mol. The zero-order chi connectivity index (χ0) is 33.0. The lowest BCUT2D eigenvalue weighted by Crippen LogP contribution is -2.50. The van der Waals surface area contributed by atoms with Crippen LogP contribution >= 0.6 is 0 Å². The molecule has 1 heterocycles. The highest BCUT2D eigenvalue weighted by Crippen LogP contribution is 2.66. The third-order valence-electron chi connectivity index (χ3n) is 10.1. The van der Waals surface area contributed by atoms with Crippen molar-refractivity contribution in [3.05, 3.63) is 95.7 Å². The lowest BCUT2D eigenvalue weighted by molar-refractivity contribution is -0.111. The van der Waals surface area contributed by atoms with Gasteiger partial charge in [-0.15, -0.1) is 0 Å². The second-order valence-corrected chi connectivity index (χ2v) is 15.7. The molecule has 0 spiro atoms. The molecule has 2 saturated carbocycles. The normalized spacial score (nSPS) is 37.1. The number of epoxide rings is 1. The first kappa shape index (κ1) is 36.2. The molecule has 0 aromatic carbocycles. The summed E-state index contributed by atoms with van der Waals surface area (Å²) < 4.78 is 6.27. The van der Waals surface area contributed by atoms with Crippen LogP contribution in [0.3, 0.4) is 0 Å². The third-order valence-corrected chi connectivity index (χ3v) is 10.1. The molecular weight excluding hydrogens is 544 g/mol. The molecule has 0 radical (unpaired) electrons. The SMILES string of the molecule is C\C(C=CC1C(C)(C)C[C@H](O)C[C@@]1(C)O)=C/C=C/C(C)=C/C=C/C=C(\C)C/C=C/C(C)/C=C/[C@@]12O[C@]1(C)C[C@@H](O)CC2(C)C. The molecule has 4 heteroatoms. The van der Waals surface area contributed by atoms with Crippen LogP contribution in [0.1, 0.15) is 101 Å². The minimum absolute atomic E-state index is 0.00995. The van der Waals surface area contributed by atoms with Gasteiger partial charge in [0, 0.05) is 24.2 Å². The van der Waals surface area contributed by atoms with Gasteiger partial charge in [-0.05, 0) is 65.2 Å². The Labute approximate surface area is 268 Å². The highest BCUT2D eigenvalue weighted by atomic mass is 16.6. The summed E-state index contributed by atoms with van der Waals surface area (Å²) in [6, 6.07) is 0. The second kappa shape index (κ2) is 14.0. The van der Waals surface area contributed by atoms with Gasteiger partial charge in [0.25, 0.3) is 0 Å². The largest absolute Gasteiger partial charge is 0.393 e. The van der Waals surface area contributed by atoms with Crippen LogP contribution in [0.25, 0.3) is 0 Å². The summed E-state index contributed by atoms with van der Waals surface area (Å²) in [5, 5.41) is 31.3. The number of allylic oxidation sites excluding steroid dienone is 14. The van der Waals surface area contributed by atoms with Crippen LogP contribution in [0, 0.1) is 22.7 Å². The molecule has 0 aromatic heterocycles. The van der Waals surface area contributed by atoms with Crippen molar-refractivity contribution in [2.45, 2.75) is 130 Å². The highest BCUT2D eigenvalue weighted by molar-refractivity contribution is 5.33.